The monoisotopic (exact) mass is 299 g/mol. The number of aromatic nitrogens is 2. The molecule has 0 saturated carbocycles. The number of nitrogens with one attached hydrogen (secondary N) is 1. The summed E-state index contributed by atoms with van der Waals surface area (Å²) in [6.07, 6.45) is 2.03. The Balaban J connectivity index is 1.62. The molecule has 2 heterocycles. The summed E-state index contributed by atoms with van der Waals surface area (Å²) in [6, 6.07) is 11.3. The molecule has 1 aromatic heterocycles. The number of nitrogens with zero attached hydrogens (tertiary/aromatic N) is 2. The summed E-state index contributed by atoms with van der Waals surface area (Å²) in [7, 11) is 0. The summed E-state index contributed by atoms with van der Waals surface area (Å²) in [5.74, 6) is -0.403. The molecule has 6 heteroatoms. The summed E-state index contributed by atoms with van der Waals surface area (Å²) in [5, 5.41) is 6.87. The van der Waals surface area contributed by atoms with Crippen molar-refractivity contribution in [3.63, 3.8) is 0 Å². The maximum Gasteiger partial charge on any atom is 0.356 e. The van der Waals surface area contributed by atoms with Crippen molar-refractivity contribution in [3.8, 4) is 11.3 Å². The maximum atomic E-state index is 12.1. The van der Waals surface area contributed by atoms with Crippen molar-refractivity contribution < 1.29 is 14.3 Å². The molecule has 1 aromatic carbocycles. The van der Waals surface area contributed by atoms with E-state index in [1.165, 1.54) is 0 Å². The molecule has 0 spiro atoms. The van der Waals surface area contributed by atoms with Crippen LogP contribution in [0.1, 0.15) is 23.3 Å². The zero-order chi connectivity index (χ0) is 15.4. The van der Waals surface area contributed by atoms with Crippen LogP contribution < -0.4 is 0 Å². The third-order valence-corrected chi connectivity index (χ3v) is 3.77. The second-order valence-corrected chi connectivity index (χ2v) is 5.28. The summed E-state index contributed by atoms with van der Waals surface area (Å²) in [5.41, 5.74) is 2.00. The molecule has 114 valence electrons. The highest BCUT2D eigenvalue weighted by atomic mass is 16.5. The van der Waals surface area contributed by atoms with Gasteiger partial charge in [0.1, 0.15) is 11.8 Å². The van der Waals surface area contributed by atoms with Crippen LogP contribution in [0.15, 0.2) is 36.4 Å². The number of ether oxygens (including phenoxy) is 1. The van der Waals surface area contributed by atoms with E-state index < -0.39 is 5.97 Å². The van der Waals surface area contributed by atoms with Crippen LogP contribution in [0, 0.1) is 0 Å². The van der Waals surface area contributed by atoms with Gasteiger partial charge in [0.15, 0.2) is 0 Å². The molecule has 6 nitrogen and oxygen atoms in total. The third-order valence-electron chi connectivity index (χ3n) is 3.77. The fourth-order valence-corrected chi connectivity index (χ4v) is 2.50. The highest BCUT2D eigenvalue weighted by Crippen LogP contribution is 2.19. The second-order valence-electron chi connectivity index (χ2n) is 5.28. The summed E-state index contributed by atoms with van der Waals surface area (Å²) >= 11 is 0. The number of carbonyl (C=O) groups is 2. The van der Waals surface area contributed by atoms with Crippen LogP contribution in [0.25, 0.3) is 11.3 Å². The summed E-state index contributed by atoms with van der Waals surface area (Å²) in [4.78, 5) is 24.5. The quantitative estimate of drug-likeness (QED) is 0.690. The van der Waals surface area contributed by atoms with Crippen LogP contribution in [-0.2, 0) is 9.53 Å². The Morgan fingerprint density at radius 1 is 1.27 bits per heavy atom. The lowest BCUT2D eigenvalue weighted by Gasteiger charge is -2.28. The highest BCUT2D eigenvalue weighted by Gasteiger charge is 2.23. The Kier molecular flexibility index (Phi) is 4.18. The standard InChI is InChI=1S/C16H17N3O3/c20-11-19-8-6-13(7-9-19)22-16(21)15-10-14(17-18-15)12-4-2-1-3-5-12/h1-5,10-11,13H,6-9H2,(H,17,18). The van der Waals surface area contributed by atoms with Crippen LogP contribution in [0.3, 0.4) is 0 Å². The molecule has 3 rings (SSSR count). The molecule has 0 unspecified atom stereocenters. The molecule has 2 aromatic rings. The van der Waals surface area contributed by atoms with E-state index in [4.69, 9.17) is 4.74 Å². The smallest absolute Gasteiger partial charge is 0.356 e. The molecule has 0 radical (unpaired) electrons. The number of H-pyrrole nitrogens is 1. The van der Waals surface area contributed by atoms with Gasteiger partial charge in [0.25, 0.3) is 0 Å². The second kappa shape index (κ2) is 6.43. The van der Waals surface area contributed by atoms with E-state index in [1.54, 1.807) is 11.0 Å². The van der Waals surface area contributed by atoms with Gasteiger partial charge in [-0.1, -0.05) is 30.3 Å². The zero-order valence-electron chi connectivity index (χ0n) is 12.1. The van der Waals surface area contributed by atoms with E-state index in [0.29, 0.717) is 37.3 Å². The number of carbonyl (C=O) groups excluding carboxylic acids is 2. The fraction of sp³-hybridized carbons (Fsp3) is 0.312. The molecule has 1 saturated heterocycles. The molecule has 1 aliphatic heterocycles. The van der Waals surface area contributed by atoms with E-state index >= 15 is 0 Å². The predicted molar refractivity (Wildman–Crippen MR) is 80.1 cm³/mol. The van der Waals surface area contributed by atoms with E-state index in [0.717, 1.165) is 12.0 Å². The lowest BCUT2D eigenvalue weighted by molar-refractivity contribution is -0.120. The first-order valence-corrected chi connectivity index (χ1v) is 7.27. The fourth-order valence-electron chi connectivity index (χ4n) is 2.50. The van der Waals surface area contributed by atoms with Crippen molar-refractivity contribution in [2.75, 3.05) is 13.1 Å². The predicted octanol–water partition coefficient (Wildman–Crippen LogP) is 1.85. The van der Waals surface area contributed by atoms with Crippen molar-refractivity contribution in [2.45, 2.75) is 18.9 Å². The molecule has 0 bridgehead atoms. The number of amides is 1. The molecular formula is C16H17N3O3. The SMILES string of the molecule is O=CN1CCC(OC(=O)c2cc(-c3ccccc3)n[nH]2)CC1. The number of piperidine rings is 1. The molecule has 1 fully saturated rings. The number of esters is 1. The average Bonchev–Trinajstić information content (AvgIpc) is 3.06. The summed E-state index contributed by atoms with van der Waals surface area (Å²) < 4.78 is 5.47. The van der Waals surface area contributed by atoms with Crippen molar-refractivity contribution in [1.82, 2.24) is 15.1 Å². The molecule has 0 atom stereocenters. The highest BCUT2D eigenvalue weighted by molar-refractivity contribution is 5.88. The van der Waals surface area contributed by atoms with E-state index in [1.807, 2.05) is 30.3 Å². The Hall–Kier alpha value is -2.63. The van der Waals surface area contributed by atoms with Gasteiger partial charge in [-0.2, -0.15) is 5.10 Å². The van der Waals surface area contributed by atoms with Gasteiger partial charge < -0.3 is 9.64 Å². The molecule has 0 aliphatic carbocycles. The van der Waals surface area contributed by atoms with Gasteiger partial charge in [0.2, 0.25) is 6.41 Å². The van der Waals surface area contributed by atoms with Crippen LogP contribution in [0.4, 0.5) is 0 Å². The summed E-state index contributed by atoms with van der Waals surface area (Å²) in [6.45, 7) is 1.25. The number of aromatic amines is 1. The van der Waals surface area contributed by atoms with Gasteiger partial charge in [-0.15, -0.1) is 0 Å². The van der Waals surface area contributed by atoms with Gasteiger partial charge in [0, 0.05) is 31.5 Å². The topological polar surface area (TPSA) is 75.3 Å². The number of hydrogen-bond donors (Lipinski definition) is 1. The van der Waals surface area contributed by atoms with Crippen molar-refractivity contribution in [2.24, 2.45) is 0 Å². The molecule has 1 amide bonds. The first kappa shape index (κ1) is 14.3. The van der Waals surface area contributed by atoms with Crippen molar-refractivity contribution in [1.29, 1.82) is 0 Å². The lowest BCUT2D eigenvalue weighted by Crippen LogP contribution is -2.37. The molecular weight excluding hydrogens is 282 g/mol. The van der Waals surface area contributed by atoms with Gasteiger partial charge in [0.05, 0.1) is 5.69 Å². The minimum Gasteiger partial charge on any atom is -0.458 e. The Morgan fingerprint density at radius 3 is 2.68 bits per heavy atom. The first-order chi connectivity index (χ1) is 10.8. The normalized spacial score (nSPS) is 15.5. The zero-order valence-corrected chi connectivity index (χ0v) is 12.1. The number of hydrogen-bond acceptors (Lipinski definition) is 4. The maximum absolute atomic E-state index is 12.1. The van der Waals surface area contributed by atoms with Crippen molar-refractivity contribution >= 4 is 12.4 Å². The van der Waals surface area contributed by atoms with Crippen LogP contribution in [-0.4, -0.2) is 46.7 Å². The third kappa shape index (κ3) is 3.16. The average molecular weight is 299 g/mol. The largest absolute Gasteiger partial charge is 0.458 e. The van der Waals surface area contributed by atoms with E-state index in [2.05, 4.69) is 10.2 Å². The molecule has 22 heavy (non-hydrogen) atoms. The van der Waals surface area contributed by atoms with Crippen molar-refractivity contribution in [3.05, 3.63) is 42.1 Å². The van der Waals surface area contributed by atoms with Gasteiger partial charge in [-0.25, -0.2) is 4.79 Å². The minimum atomic E-state index is -0.403. The van der Waals surface area contributed by atoms with Gasteiger partial charge in [-0.3, -0.25) is 9.89 Å². The number of likely N-dealkylation sites (tertiary alicyclic amines) is 1. The van der Waals surface area contributed by atoms with E-state index in [-0.39, 0.29) is 6.10 Å². The number of rotatable bonds is 4. The Morgan fingerprint density at radius 2 is 2.00 bits per heavy atom. The minimum absolute atomic E-state index is 0.146. The Labute approximate surface area is 128 Å². The molecule has 1 aliphatic rings. The lowest BCUT2D eigenvalue weighted by atomic mass is 10.1. The van der Waals surface area contributed by atoms with Crippen LogP contribution >= 0.6 is 0 Å². The van der Waals surface area contributed by atoms with Gasteiger partial charge in [-0.05, 0) is 6.07 Å². The number of benzene rings is 1. The van der Waals surface area contributed by atoms with Crippen LogP contribution in [0.2, 0.25) is 0 Å². The van der Waals surface area contributed by atoms with Crippen LogP contribution in [0.5, 0.6) is 0 Å². The molecule has 1 N–H and O–H groups in total. The first-order valence-electron chi connectivity index (χ1n) is 7.27. The Bertz CT molecular complexity index is 646. The van der Waals surface area contributed by atoms with Gasteiger partial charge >= 0.3 is 5.97 Å². The van der Waals surface area contributed by atoms with E-state index in [9.17, 15) is 9.59 Å².